The molecule has 5 heterocycles. The van der Waals surface area contributed by atoms with Crippen molar-refractivity contribution < 1.29 is 17.9 Å². The van der Waals surface area contributed by atoms with Gasteiger partial charge in [-0.25, -0.2) is 23.4 Å². The van der Waals surface area contributed by atoms with Crippen LogP contribution >= 0.6 is 0 Å². The van der Waals surface area contributed by atoms with Crippen molar-refractivity contribution in [3.63, 3.8) is 0 Å². The first-order valence-corrected chi connectivity index (χ1v) is 15.7. The van der Waals surface area contributed by atoms with Gasteiger partial charge < -0.3 is 24.8 Å². The molecule has 5 rings (SSSR count). The second kappa shape index (κ2) is 13.3. The summed E-state index contributed by atoms with van der Waals surface area (Å²) in [4.78, 5) is 32.1. The summed E-state index contributed by atoms with van der Waals surface area (Å²) in [5.41, 5.74) is 4.94. The van der Waals surface area contributed by atoms with Crippen LogP contribution in [0.4, 0.5) is 5.69 Å². The number of piperazine rings is 1. The lowest BCUT2D eigenvalue weighted by Gasteiger charge is -2.33. The first-order chi connectivity index (χ1) is 20.3. The van der Waals surface area contributed by atoms with E-state index in [2.05, 4.69) is 39.1 Å². The van der Waals surface area contributed by atoms with E-state index in [9.17, 15) is 13.2 Å². The molecule has 3 aromatic rings. The number of aromatic nitrogens is 4. The molecule has 13 nitrogen and oxygen atoms in total. The number of ether oxygens (including phenoxy) is 2. The second-order valence-electron chi connectivity index (χ2n) is 10.2. The molecule has 2 N–H and O–H groups in total. The quantitative estimate of drug-likeness (QED) is 0.296. The zero-order chi connectivity index (χ0) is 29.7. The topological polar surface area (TPSA) is 146 Å². The number of pyridine rings is 2. The molecule has 42 heavy (non-hydrogen) atoms. The minimum atomic E-state index is -3.83. The number of hydrazine groups is 1. The fourth-order valence-electron chi connectivity index (χ4n) is 5.23. The standard InChI is InChI=1S/C28H38N8O5S/c1-4-8-23-24-25(33-36(23)19-20-9-6-7-10-29-20)27(37)32-26(31-24)22-17-21(18-30-28(22)41-16-15-40-3)42(38,39)35-13-11-34(5-2)12-14-35/h6-7,9-10,17-18,23,33H,4-5,8,11-16,19H2,1-3H3,(H,31,32,37). The molecule has 3 aromatic heterocycles. The fourth-order valence-corrected chi connectivity index (χ4v) is 6.63. The molecule has 0 aromatic carbocycles. The highest BCUT2D eigenvalue weighted by atomic mass is 32.2. The van der Waals surface area contributed by atoms with Crippen molar-refractivity contribution in [2.45, 2.75) is 44.2 Å². The van der Waals surface area contributed by atoms with Crippen LogP contribution in [0.25, 0.3) is 11.4 Å². The third-order valence-corrected chi connectivity index (χ3v) is 9.40. The number of nitrogens with zero attached hydrogens (tertiary/aromatic N) is 6. The Morgan fingerprint density at radius 3 is 2.60 bits per heavy atom. The van der Waals surface area contributed by atoms with Gasteiger partial charge in [0, 0.05) is 39.5 Å². The number of H-pyrrole nitrogens is 1. The maximum Gasteiger partial charge on any atom is 0.276 e. The highest BCUT2D eigenvalue weighted by Gasteiger charge is 2.35. The summed E-state index contributed by atoms with van der Waals surface area (Å²) < 4.78 is 39.7. The summed E-state index contributed by atoms with van der Waals surface area (Å²) in [5.74, 6) is 0.349. The molecule has 2 aliphatic heterocycles. The Morgan fingerprint density at radius 1 is 1.10 bits per heavy atom. The summed E-state index contributed by atoms with van der Waals surface area (Å²) >= 11 is 0. The molecule has 0 amide bonds. The summed E-state index contributed by atoms with van der Waals surface area (Å²) in [6, 6.07) is 7.01. The van der Waals surface area contributed by atoms with Crippen molar-refractivity contribution in [3.8, 4) is 17.3 Å². The van der Waals surface area contributed by atoms with E-state index >= 15 is 0 Å². The molecule has 14 heteroatoms. The maximum absolute atomic E-state index is 13.6. The number of likely N-dealkylation sites (N-methyl/N-ethyl adjacent to an activating group) is 1. The molecule has 2 aliphatic rings. The number of nitrogens with one attached hydrogen (secondary N) is 2. The van der Waals surface area contributed by atoms with Crippen molar-refractivity contribution in [1.29, 1.82) is 0 Å². The van der Waals surface area contributed by atoms with E-state index in [-0.39, 0.29) is 40.4 Å². The van der Waals surface area contributed by atoms with Crippen LogP contribution in [0.3, 0.4) is 0 Å². The minimum absolute atomic E-state index is 0.0182. The van der Waals surface area contributed by atoms with Gasteiger partial charge in [-0.2, -0.15) is 4.31 Å². The summed E-state index contributed by atoms with van der Waals surface area (Å²) in [6.45, 7) is 8.08. The van der Waals surface area contributed by atoms with E-state index in [4.69, 9.17) is 14.5 Å². The second-order valence-corrected chi connectivity index (χ2v) is 12.2. The Bertz CT molecular complexity index is 1530. The third kappa shape index (κ3) is 6.32. The number of methoxy groups -OCH3 is 1. The first-order valence-electron chi connectivity index (χ1n) is 14.3. The van der Waals surface area contributed by atoms with Gasteiger partial charge >= 0.3 is 0 Å². The molecular weight excluding hydrogens is 560 g/mol. The molecule has 1 atom stereocenters. The summed E-state index contributed by atoms with van der Waals surface area (Å²) in [6.07, 6.45) is 4.64. The van der Waals surface area contributed by atoms with Gasteiger partial charge in [-0.1, -0.05) is 26.3 Å². The molecule has 226 valence electrons. The Labute approximate surface area is 245 Å². The number of aromatic amines is 1. The highest BCUT2D eigenvalue weighted by Crippen LogP contribution is 2.37. The lowest BCUT2D eigenvalue weighted by molar-refractivity contribution is 0.144. The Balaban J connectivity index is 1.52. The molecule has 0 aliphatic carbocycles. The van der Waals surface area contributed by atoms with E-state index in [0.717, 1.165) is 25.1 Å². The summed E-state index contributed by atoms with van der Waals surface area (Å²) in [5, 5.41) is 1.97. The normalized spacial score (nSPS) is 18.1. The van der Waals surface area contributed by atoms with Crippen LogP contribution in [0.5, 0.6) is 5.88 Å². The smallest absolute Gasteiger partial charge is 0.276 e. The van der Waals surface area contributed by atoms with Crippen molar-refractivity contribution >= 4 is 15.7 Å². The van der Waals surface area contributed by atoms with Gasteiger partial charge in [0.05, 0.1) is 42.3 Å². The SMILES string of the molecule is CCCC1c2nc(-c3cc(S(=O)(=O)N4CCN(CC)CC4)cnc3OCCOC)[nH]c(=O)c2NN1Cc1ccccn1. The third-order valence-electron chi connectivity index (χ3n) is 7.54. The predicted molar refractivity (Wildman–Crippen MR) is 157 cm³/mol. The van der Waals surface area contributed by atoms with Crippen LogP contribution in [0.1, 0.15) is 44.1 Å². The largest absolute Gasteiger partial charge is 0.475 e. The van der Waals surface area contributed by atoms with Crippen LogP contribution in [0.2, 0.25) is 0 Å². The molecule has 0 spiro atoms. The van der Waals surface area contributed by atoms with E-state index < -0.39 is 10.0 Å². The predicted octanol–water partition coefficient (Wildman–Crippen LogP) is 2.26. The zero-order valence-corrected chi connectivity index (χ0v) is 25.1. The van der Waals surface area contributed by atoms with E-state index in [1.807, 2.05) is 23.2 Å². The highest BCUT2D eigenvalue weighted by molar-refractivity contribution is 7.89. The lowest BCUT2D eigenvalue weighted by Crippen LogP contribution is -2.48. The van der Waals surface area contributed by atoms with Gasteiger partial charge in [0.2, 0.25) is 15.9 Å². The lowest BCUT2D eigenvalue weighted by atomic mass is 10.1. The van der Waals surface area contributed by atoms with Crippen LogP contribution in [0, 0.1) is 0 Å². The Morgan fingerprint density at radius 2 is 1.90 bits per heavy atom. The van der Waals surface area contributed by atoms with Gasteiger partial charge in [-0.05, 0) is 31.2 Å². The Hall–Kier alpha value is -3.43. The van der Waals surface area contributed by atoms with Gasteiger partial charge in [-0.3, -0.25) is 9.78 Å². The Kier molecular flexibility index (Phi) is 9.48. The average Bonchev–Trinajstić information content (AvgIpc) is 3.35. The van der Waals surface area contributed by atoms with Gasteiger partial charge in [0.25, 0.3) is 5.56 Å². The zero-order valence-electron chi connectivity index (χ0n) is 24.2. The number of hydrogen-bond acceptors (Lipinski definition) is 11. The molecule has 0 radical (unpaired) electrons. The molecule has 0 bridgehead atoms. The average molecular weight is 599 g/mol. The fraction of sp³-hybridized carbons (Fsp3) is 0.500. The number of anilines is 1. The number of fused-ring (bicyclic) bond motifs is 1. The monoisotopic (exact) mass is 598 g/mol. The number of hydrogen-bond donors (Lipinski definition) is 2. The number of rotatable bonds is 12. The van der Waals surface area contributed by atoms with Crippen LogP contribution in [-0.2, 0) is 21.3 Å². The van der Waals surface area contributed by atoms with Crippen molar-refractivity contribution in [3.05, 3.63) is 58.4 Å². The molecular formula is C28H38N8O5S. The molecule has 0 saturated carbocycles. The molecule has 1 saturated heterocycles. The van der Waals surface area contributed by atoms with E-state index in [1.54, 1.807) is 13.3 Å². The van der Waals surface area contributed by atoms with Crippen LogP contribution in [0.15, 0.2) is 46.3 Å². The van der Waals surface area contributed by atoms with E-state index in [0.29, 0.717) is 50.7 Å². The van der Waals surface area contributed by atoms with Gasteiger partial charge in [-0.15, -0.1) is 0 Å². The van der Waals surface area contributed by atoms with Crippen LogP contribution < -0.4 is 15.7 Å². The van der Waals surface area contributed by atoms with Gasteiger partial charge in [0.15, 0.2) is 0 Å². The number of sulfonamides is 1. The van der Waals surface area contributed by atoms with Crippen molar-refractivity contribution in [1.82, 2.24) is 34.1 Å². The minimum Gasteiger partial charge on any atom is -0.475 e. The van der Waals surface area contributed by atoms with Crippen molar-refractivity contribution in [2.75, 3.05) is 58.5 Å². The first kappa shape index (κ1) is 30.0. The van der Waals surface area contributed by atoms with E-state index in [1.165, 1.54) is 16.6 Å². The maximum atomic E-state index is 13.6. The molecule has 1 fully saturated rings. The van der Waals surface area contributed by atoms with Crippen molar-refractivity contribution in [2.24, 2.45) is 0 Å². The molecule has 1 unspecified atom stereocenters. The summed E-state index contributed by atoms with van der Waals surface area (Å²) in [7, 11) is -2.28. The van der Waals surface area contributed by atoms with Gasteiger partial charge in [0.1, 0.15) is 23.0 Å². The van der Waals surface area contributed by atoms with Crippen LogP contribution in [-0.4, -0.2) is 95.6 Å².